The third kappa shape index (κ3) is 4.28. The highest BCUT2D eigenvalue weighted by molar-refractivity contribution is 4.87. The summed E-state index contributed by atoms with van der Waals surface area (Å²) >= 11 is 0. The first-order valence-corrected chi connectivity index (χ1v) is 7.93. The molecular weight excluding hydrogens is 206 g/mol. The minimum absolute atomic E-state index is 0.447. The molecule has 0 saturated heterocycles. The van der Waals surface area contributed by atoms with E-state index >= 15 is 0 Å². The largest absolute Gasteiger partial charge is 0.311 e. The monoisotopic (exact) mass is 237 g/mol. The maximum Gasteiger partial charge on any atom is 0.0153 e. The van der Waals surface area contributed by atoms with Gasteiger partial charge in [-0.05, 0) is 57.4 Å². The van der Waals surface area contributed by atoms with Gasteiger partial charge in [-0.1, -0.05) is 39.0 Å². The predicted octanol–water partition coefficient (Wildman–Crippen LogP) is 4.52. The SMILES string of the molecule is CC1CCCC(C)(NCC2CCCCC2)CC1. The lowest BCUT2D eigenvalue weighted by Gasteiger charge is -2.33. The first-order valence-electron chi connectivity index (χ1n) is 7.93. The second-order valence-electron chi connectivity index (χ2n) is 6.98. The molecule has 100 valence electrons. The van der Waals surface area contributed by atoms with E-state index in [9.17, 15) is 0 Å². The topological polar surface area (TPSA) is 12.0 Å². The standard InChI is InChI=1S/C16H31N/c1-14-7-6-11-16(2,12-10-14)17-13-15-8-4-3-5-9-15/h14-15,17H,3-13H2,1-2H3. The van der Waals surface area contributed by atoms with E-state index in [-0.39, 0.29) is 0 Å². The Morgan fingerprint density at radius 3 is 2.47 bits per heavy atom. The van der Waals surface area contributed by atoms with Gasteiger partial charge in [0.1, 0.15) is 0 Å². The summed E-state index contributed by atoms with van der Waals surface area (Å²) in [5.41, 5.74) is 0.447. The van der Waals surface area contributed by atoms with Gasteiger partial charge in [-0.2, -0.15) is 0 Å². The fourth-order valence-electron chi connectivity index (χ4n) is 3.63. The summed E-state index contributed by atoms with van der Waals surface area (Å²) in [5, 5.41) is 3.93. The lowest BCUT2D eigenvalue weighted by atomic mass is 9.87. The Morgan fingerprint density at radius 2 is 1.71 bits per heavy atom. The van der Waals surface area contributed by atoms with Crippen molar-refractivity contribution in [3.05, 3.63) is 0 Å². The third-order valence-corrected chi connectivity index (χ3v) is 5.16. The Kier molecular flexibility index (Phi) is 4.90. The lowest BCUT2D eigenvalue weighted by Crippen LogP contribution is -2.44. The molecule has 1 N–H and O–H groups in total. The number of hydrogen-bond acceptors (Lipinski definition) is 1. The molecule has 0 aliphatic heterocycles. The molecule has 1 nitrogen and oxygen atoms in total. The van der Waals surface area contributed by atoms with Crippen molar-refractivity contribution in [1.29, 1.82) is 0 Å². The molecule has 2 rings (SSSR count). The number of rotatable bonds is 3. The lowest BCUT2D eigenvalue weighted by molar-refractivity contribution is 0.259. The quantitative estimate of drug-likeness (QED) is 0.712. The Hall–Kier alpha value is -0.0400. The van der Waals surface area contributed by atoms with Crippen molar-refractivity contribution in [2.24, 2.45) is 11.8 Å². The van der Waals surface area contributed by atoms with Crippen molar-refractivity contribution in [2.45, 2.75) is 83.6 Å². The minimum atomic E-state index is 0.447. The molecular formula is C16H31N. The molecule has 1 heteroatoms. The zero-order valence-corrected chi connectivity index (χ0v) is 11.9. The highest BCUT2D eigenvalue weighted by Gasteiger charge is 2.27. The summed E-state index contributed by atoms with van der Waals surface area (Å²) < 4.78 is 0. The fourth-order valence-corrected chi connectivity index (χ4v) is 3.63. The molecule has 0 aromatic rings. The van der Waals surface area contributed by atoms with Crippen LogP contribution in [0.1, 0.15) is 78.1 Å². The molecule has 0 aromatic heterocycles. The number of nitrogens with one attached hydrogen (secondary N) is 1. The third-order valence-electron chi connectivity index (χ3n) is 5.16. The summed E-state index contributed by atoms with van der Waals surface area (Å²) in [6.07, 6.45) is 14.4. The van der Waals surface area contributed by atoms with Crippen LogP contribution in [0.25, 0.3) is 0 Å². The molecule has 2 atom stereocenters. The zero-order chi connectivity index (χ0) is 12.1. The van der Waals surface area contributed by atoms with E-state index in [0.717, 1.165) is 11.8 Å². The molecule has 0 spiro atoms. The van der Waals surface area contributed by atoms with E-state index in [1.165, 1.54) is 70.8 Å². The van der Waals surface area contributed by atoms with E-state index in [1.807, 2.05) is 0 Å². The van der Waals surface area contributed by atoms with Crippen molar-refractivity contribution < 1.29 is 0 Å². The van der Waals surface area contributed by atoms with Gasteiger partial charge in [0.2, 0.25) is 0 Å². The van der Waals surface area contributed by atoms with Crippen LogP contribution in [0.3, 0.4) is 0 Å². The molecule has 17 heavy (non-hydrogen) atoms. The first kappa shape index (κ1) is 13.4. The van der Waals surface area contributed by atoms with Crippen LogP contribution >= 0.6 is 0 Å². The van der Waals surface area contributed by atoms with Crippen LogP contribution in [0.4, 0.5) is 0 Å². The van der Waals surface area contributed by atoms with Crippen molar-refractivity contribution in [2.75, 3.05) is 6.54 Å². The molecule has 2 aliphatic carbocycles. The molecule has 0 radical (unpaired) electrons. The van der Waals surface area contributed by atoms with Crippen molar-refractivity contribution >= 4 is 0 Å². The van der Waals surface area contributed by atoms with Gasteiger partial charge < -0.3 is 5.32 Å². The summed E-state index contributed by atoms with van der Waals surface area (Å²) in [7, 11) is 0. The fraction of sp³-hybridized carbons (Fsp3) is 1.00. The maximum absolute atomic E-state index is 3.93. The van der Waals surface area contributed by atoms with Crippen LogP contribution in [0.2, 0.25) is 0 Å². The average molecular weight is 237 g/mol. The minimum Gasteiger partial charge on any atom is -0.311 e. The van der Waals surface area contributed by atoms with Crippen LogP contribution in [0, 0.1) is 11.8 Å². The van der Waals surface area contributed by atoms with Gasteiger partial charge in [0.05, 0.1) is 0 Å². The van der Waals surface area contributed by atoms with E-state index < -0.39 is 0 Å². The molecule has 2 saturated carbocycles. The van der Waals surface area contributed by atoms with Crippen LogP contribution in [0.5, 0.6) is 0 Å². The average Bonchev–Trinajstić information content (AvgIpc) is 2.51. The Bertz CT molecular complexity index is 220. The van der Waals surface area contributed by atoms with E-state index in [1.54, 1.807) is 0 Å². The summed E-state index contributed by atoms with van der Waals surface area (Å²) in [5.74, 6) is 1.93. The van der Waals surface area contributed by atoms with Crippen LogP contribution in [-0.2, 0) is 0 Å². The molecule has 0 aromatic carbocycles. The first-order chi connectivity index (χ1) is 8.18. The van der Waals surface area contributed by atoms with Gasteiger partial charge in [-0.25, -0.2) is 0 Å². The molecule has 2 aliphatic rings. The van der Waals surface area contributed by atoms with E-state index in [0.29, 0.717) is 5.54 Å². The van der Waals surface area contributed by atoms with Crippen molar-refractivity contribution in [3.8, 4) is 0 Å². The molecule has 2 unspecified atom stereocenters. The summed E-state index contributed by atoms with van der Waals surface area (Å²) in [6.45, 7) is 6.17. The molecule has 0 amide bonds. The Labute approximate surface area is 108 Å². The van der Waals surface area contributed by atoms with Crippen LogP contribution in [0.15, 0.2) is 0 Å². The van der Waals surface area contributed by atoms with Gasteiger partial charge >= 0.3 is 0 Å². The van der Waals surface area contributed by atoms with Crippen LogP contribution < -0.4 is 5.32 Å². The van der Waals surface area contributed by atoms with Crippen molar-refractivity contribution in [3.63, 3.8) is 0 Å². The smallest absolute Gasteiger partial charge is 0.0153 e. The van der Waals surface area contributed by atoms with Crippen LogP contribution in [-0.4, -0.2) is 12.1 Å². The van der Waals surface area contributed by atoms with Gasteiger partial charge in [0.25, 0.3) is 0 Å². The number of hydrogen-bond donors (Lipinski definition) is 1. The predicted molar refractivity (Wildman–Crippen MR) is 75.2 cm³/mol. The van der Waals surface area contributed by atoms with Gasteiger partial charge in [0, 0.05) is 5.54 Å². The van der Waals surface area contributed by atoms with Crippen molar-refractivity contribution in [1.82, 2.24) is 5.32 Å². The Balaban J connectivity index is 1.75. The summed E-state index contributed by atoms with van der Waals surface area (Å²) in [6, 6.07) is 0. The van der Waals surface area contributed by atoms with E-state index in [4.69, 9.17) is 0 Å². The highest BCUT2D eigenvalue weighted by atomic mass is 15.0. The van der Waals surface area contributed by atoms with Gasteiger partial charge in [0.15, 0.2) is 0 Å². The summed E-state index contributed by atoms with van der Waals surface area (Å²) in [4.78, 5) is 0. The second-order valence-corrected chi connectivity index (χ2v) is 6.98. The van der Waals surface area contributed by atoms with Gasteiger partial charge in [-0.15, -0.1) is 0 Å². The maximum atomic E-state index is 3.93. The molecule has 0 bridgehead atoms. The van der Waals surface area contributed by atoms with Gasteiger partial charge in [-0.3, -0.25) is 0 Å². The normalized spacial score (nSPS) is 36.7. The highest BCUT2D eigenvalue weighted by Crippen LogP contribution is 2.31. The Morgan fingerprint density at radius 1 is 0.941 bits per heavy atom. The second kappa shape index (κ2) is 6.22. The molecule has 0 heterocycles. The van der Waals surface area contributed by atoms with E-state index in [2.05, 4.69) is 19.2 Å². The molecule has 2 fully saturated rings. The zero-order valence-electron chi connectivity index (χ0n) is 11.9.